The van der Waals surface area contributed by atoms with E-state index < -0.39 is 17.8 Å². The summed E-state index contributed by atoms with van der Waals surface area (Å²) in [5.74, 6) is 0. The Labute approximate surface area is 118 Å². The van der Waals surface area contributed by atoms with Crippen LogP contribution in [0.1, 0.15) is 39.2 Å². The summed E-state index contributed by atoms with van der Waals surface area (Å²) in [6, 6.07) is 4.54. The molecule has 0 saturated heterocycles. The number of aromatic nitrogens is 1. The van der Waals surface area contributed by atoms with Gasteiger partial charge in [-0.3, -0.25) is 0 Å². The Balaban J connectivity index is 1.84. The molecule has 2 nitrogen and oxygen atoms in total. The number of alkyl halides is 3. The smallest absolute Gasteiger partial charge is 0.318 e. The molecule has 0 saturated carbocycles. The van der Waals surface area contributed by atoms with E-state index in [2.05, 4.69) is 4.98 Å². The molecule has 2 N–H and O–H groups in total. The minimum absolute atomic E-state index is 0.451. The highest BCUT2D eigenvalue weighted by atomic mass is 32.1. The van der Waals surface area contributed by atoms with Crippen molar-refractivity contribution in [3.63, 3.8) is 0 Å². The number of aryl methyl sites for hydroxylation is 2. The summed E-state index contributed by atoms with van der Waals surface area (Å²) in [4.78, 5) is 5.78. The number of benzene rings is 1. The van der Waals surface area contributed by atoms with E-state index in [1.165, 1.54) is 17.0 Å². The molecule has 1 aliphatic rings. The molecule has 0 amide bonds. The second-order valence-electron chi connectivity index (χ2n) is 4.87. The normalized spacial score (nSPS) is 16.2. The first kappa shape index (κ1) is 13.6. The van der Waals surface area contributed by atoms with E-state index >= 15 is 0 Å². The molecular formula is C14H13F3N2S. The Morgan fingerprint density at radius 1 is 1.15 bits per heavy atom. The van der Waals surface area contributed by atoms with Crippen LogP contribution in [0.2, 0.25) is 0 Å². The van der Waals surface area contributed by atoms with E-state index in [0.717, 1.165) is 42.1 Å². The highest BCUT2D eigenvalue weighted by Crippen LogP contribution is 2.34. The zero-order chi connectivity index (χ0) is 14.3. The molecule has 2 aromatic rings. The van der Waals surface area contributed by atoms with Crippen molar-refractivity contribution in [2.75, 3.05) is 0 Å². The second-order valence-corrected chi connectivity index (χ2v) is 5.99. The summed E-state index contributed by atoms with van der Waals surface area (Å²) in [6.07, 6.45) is -1.17. The predicted octanol–water partition coefficient (Wildman–Crippen LogP) is 3.70. The summed E-state index contributed by atoms with van der Waals surface area (Å²) in [5.41, 5.74) is 7.21. The van der Waals surface area contributed by atoms with Crippen LogP contribution in [0.3, 0.4) is 0 Å². The van der Waals surface area contributed by atoms with Crippen molar-refractivity contribution in [1.29, 1.82) is 0 Å². The fourth-order valence-corrected chi connectivity index (χ4v) is 3.55. The van der Waals surface area contributed by atoms with Crippen LogP contribution in [0.25, 0.3) is 0 Å². The molecule has 6 heteroatoms. The Kier molecular flexibility index (Phi) is 3.30. The Morgan fingerprint density at radius 3 is 2.45 bits per heavy atom. The predicted molar refractivity (Wildman–Crippen MR) is 71.6 cm³/mol. The first-order valence-electron chi connectivity index (χ1n) is 6.36. The Hall–Kier alpha value is -1.40. The number of thiazole rings is 1. The van der Waals surface area contributed by atoms with Gasteiger partial charge in [0.2, 0.25) is 0 Å². The molecule has 0 radical (unpaired) electrons. The Morgan fingerprint density at radius 2 is 1.85 bits per heavy atom. The lowest BCUT2D eigenvalue weighted by molar-refractivity contribution is -0.137. The number of nitrogens with two attached hydrogens (primary N) is 1. The average Bonchev–Trinajstić information content (AvgIpc) is 2.97. The topological polar surface area (TPSA) is 38.9 Å². The van der Waals surface area contributed by atoms with E-state index in [1.807, 2.05) is 0 Å². The average molecular weight is 298 g/mol. The quantitative estimate of drug-likeness (QED) is 0.918. The van der Waals surface area contributed by atoms with Gasteiger partial charge in [0.1, 0.15) is 5.01 Å². The van der Waals surface area contributed by atoms with Crippen molar-refractivity contribution in [3.05, 3.63) is 51.0 Å². The third-order valence-corrected chi connectivity index (χ3v) is 4.72. The molecule has 0 bridgehead atoms. The SMILES string of the molecule is NC(c1ccc(C(F)(F)F)cc1)c1nc2c(s1)CCC2. The molecule has 1 aromatic heterocycles. The zero-order valence-electron chi connectivity index (χ0n) is 10.6. The van der Waals surface area contributed by atoms with Crippen LogP contribution in [-0.4, -0.2) is 4.98 Å². The summed E-state index contributed by atoms with van der Waals surface area (Å²) >= 11 is 1.58. The molecule has 1 unspecified atom stereocenters. The lowest BCUT2D eigenvalue weighted by Crippen LogP contribution is -2.12. The van der Waals surface area contributed by atoms with Gasteiger partial charge in [0, 0.05) is 4.88 Å². The van der Waals surface area contributed by atoms with Crippen molar-refractivity contribution < 1.29 is 13.2 Å². The van der Waals surface area contributed by atoms with Gasteiger partial charge in [-0.15, -0.1) is 11.3 Å². The van der Waals surface area contributed by atoms with Crippen LogP contribution in [0.15, 0.2) is 24.3 Å². The van der Waals surface area contributed by atoms with Crippen molar-refractivity contribution >= 4 is 11.3 Å². The largest absolute Gasteiger partial charge is 0.416 e. The van der Waals surface area contributed by atoms with Gasteiger partial charge in [0.05, 0.1) is 17.3 Å². The highest BCUT2D eigenvalue weighted by Gasteiger charge is 2.30. The molecule has 0 aliphatic heterocycles. The van der Waals surface area contributed by atoms with Crippen molar-refractivity contribution in [2.45, 2.75) is 31.5 Å². The van der Waals surface area contributed by atoms with Gasteiger partial charge in [-0.2, -0.15) is 13.2 Å². The van der Waals surface area contributed by atoms with Crippen LogP contribution >= 0.6 is 11.3 Å². The van der Waals surface area contributed by atoms with Crippen molar-refractivity contribution in [1.82, 2.24) is 4.98 Å². The maximum Gasteiger partial charge on any atom is 0.416 e. The van der Waals surface area contributed by atoms with Gasteiger partial charge < -0.3 is 5.73 Å². The van der Waals surface area contributed by atoms with E-state index in [1.54, 1.807) is 11.3 Å². The number of nitrogens with zero attached hydrogens (tertiary/aromatic N) is 1. The zero-order valence-corrected chi connectivity index (χ0v) is 11.4. The van der Waals surface area contributed by atoms with Crippen LogP contribution in [0, 0.1) is 0 Å². The second kappa shape index (κ2) is 4.86. The lowest BCUT2D eigenvalue weighted by atomic mass is 10.1. The van der Waals surface area contributed by atoms with E-state index in [9.17, 15) is 13.2 Å². The fraction of sp³-hybridized carbons (Fsp3) is 0.357. The molecule has 3 rings (SSSR count). The number of hydrogen-bond acceptors (Lipinski definition) is 3. The third kappa shape index (κ3) is 2.45. The van der Waals surface area contributed by atoms with Gasteiger partial charge in [-0.1, -0.05) is 12.1 Å². The standard InChI is InChI=1S/C14H13F3N2S/c15-14(16,17)9-6-4-8(5-7-9)12(18)13-19-10-2-1-3-11(10)20-13/h4-7,12H,1-3,18H2. The van der Waals surface area contributed by atoms with Gasteiger partial charge in [-0.25, -0.2) is 4.98 Å². The molecular weight excluding hydrogens is 285 g/mol. The van der Waals surface area contributed by atoms with Crippen LogP contribution in [0.5, 0.6) is 0 Å². The van der Waals surface area contributed by atoms with E-state index in [0.29, 0.717) is 5.56 Å². The first-order chi connectivity index (χ1) is 9.45. The van der Waals surface area contributed by atoms with Crippen LogP contribution in [0.4, 0.5) is 13.2 Å². The van der Waals surface area contributed by atoms with Crippen molar-refractivity contribution in [2.24, 2.45) is 5.73 Å². The molecule has 1 heterocycles. The molecule has 1 atom stereocenters. The van der Waals surface area contributed by atoms with Gasteiger partial charge in [0.15, 0.2) is 0 Å². The maximum absolute atomic E-state index is 12.5. The Bertz CT molecular complexity index is 595. The monoisotopic (exact) mass is 298 g/mol. The van der Waals surface area contributed by atoms with E-state index in [4.69, 9.17) is 5.73 Å². The lowest BCUT2D eigenvalue weighted by Gasteiger charge is -2.11. The molecule has 0 spiro atoms. The van der Waals surface area contributed by atoms with Crippen LogP contribution in [-0.2, 0) is 19.0 Å². The highest BCUT2D eigenvalue weighted by molar-refractivity contribution is 7.11. The molecule has 1 aliphatic carbocycles. The third-order valence-electron chi connectivity index (χ3n) is 3.48. The first-order valence-corrected chi connectivity index (χ1v) is 7.18. The van der Waals surface area contributed by atoms with Crippen molar-refractivity contribution in [3.8, 4) is 0 Å². The summed E-state index contributed by atoms with van der Waals surface area (Å²) in [7, 11) is 0. The number of rotatable bonds is 2. The van der Waals surface area contributed by atoms with Gasteiger partial charge >= 0.3 is 6.18 Å². The summed E-state index contributed by atoms with van der Waals surface area (Å²) in [5, 5.41) is 0.787. The summed E-state index contributed by atoms with van der Waals surface area (Å²) in [6.45, 7) is 0. The number of hydrogen-bond donors (Lipinski definition) is 1. The number of fused-ring (bicyclic) bond motifs is 1. The molecule has 106 valence electrons. The minimum atomic E-state index is -4.31. The van der Waals surface area contributed by atoms with Gasteiger partial charge in [0.25, 0.3) is 0 Å². The molecule has 1 aromatic carbocycles. The van der Waals surface area contributed by atoms with Gasteiger partial charge in [-0.05, 0) is 37.0 Å². The summed E-state index contributed by atoms with van der Waals surface area (Å²) < 4.78 is 37.5. The van der Waals surface area contributed by atoms with E-state index in [-0.39, 0.29) is 0 Å². The molecule has 20 heavy (non-hydrogen) atoms. The molecule has 0 fully saturated rings. The minimum Gasteiger partial charge on any atom is -0.318 e. The maximum atomic E-state index is 12.5. The van der Waals surface area contributed by atoms with Crippen LogP contribution < -0.4 is 5.73 Å². The number of halogens is 3. The fourth-order valence-electron chi connectivity index (χ4n) is 2.37.